The zero-order chi connectivity index (χ0) is 16.9. The Morgan fingerprint density at radius 3 is 2.54 bits per heavy atom. The quantitative estimate of drug-likeness (QED) is 0.776. The summed E-state index contributed by atoms with van der Waals surface area (Å²) in [6.45, 7) is 2.99. The smallest absolute Gasteiger partial charge is 0.173 e. The van der Waals surface area contributed by atoms with Crippen LogP contribution in [0.15, 0.2) is 48.5 Å². The van der Waals surface area contributed by atoms with Gasteiger partial charge in [0.05, 0.1) is 7.11 Å². The first-order valence-electron chi connectivity index (χ1n) is 8.49. The Hall–Kier alpha value is -2.07. The Kier molecular flexibility index (Phi) is 5.36. The second-order valence-electron chi connectivity index (χ2n) is 6.19. The van der Waals surface area contributed by atoms with E-state index in [1.165, 1.54) is 24.0 Å². The predicted octanol–water partition coefficient (Wildman–Crippen LogP) is 4.62. The highest BCUT2D eigenvalue weighted by Gasteiger charge is 2.30. The van der Waals surface area contributed by atoms with Gasteiger partial charge in [-0.05, 0) is 66.9 Å². The monoisotopic (exact) mass is 340 g/mol. The number of nitrogens with one attached hydrogen (secondary N) is 1. The van der Waals surface area contributed by atoms with Gasteiger partial charge in [-0.2, -0.15) is 0 Å². The topological polar surface area (TPSA) is 24.5 Å². The van der Waals surface area contributed by atoms with E-state index in [9.17, 15) is 0 Å². The minimum absolute atomic E-state index is 0.557. The summed E-state index contributed by atoms with van der Waals surface area (Å²) in [6, 6.07) is 17.2. The first-order chi connectivity index (χ1) is 11.7. The van der Waals surface area contributed by atoms with E-state index in [2.05, 4.69) is 53.5 Å². The van der Waals surface area contributed by atoms with E-state index < -0.39 is 0 Å². The summed E-state index contributed by atoms with van der Waals surface area (Å²) < 4.78 is 5.23. The second kappa shape index (κ2) is 7.67. The highest BCUT2D eigenvalue weighted by molar-refractivity contribution is 7.80. The third-order valence-electron chi connectivity index (χ3n) is 4.35. The summed E-state index contributed by atoms with van der Waals surface area (Å²) >= 11 is 5.69. The van der Waals surface area contributed by atoms with Gasteiger partial charge in [0.2, 0.25) is 0 Å². The lowest BCUT2D eigenvalue weighted by Crippen LogP contribution is -2.36. The van der Waals surface area contributed by atoms with Crippen molar-refractivity contribution in [3.63, 3.8) is 0 Å². The molecule has 0 radical (unpaired) electrons. The molecule has 1 fully saturated rings. The summed E-state index contributed by atoms with van der Waals surface area (Å²) in [5, 5.41) is 4.22. The van der Waals surface area contributed by atoms with Crippen LogP contribution in [0.2, 0.25) is 0 Å². The molecule has 0 spiro atoms. The number of aryl methyl sites for hydroxylation is 1. The van der Waals surface area contributed by atoms with Gasteiger partial charge in [-0.1, -0.05) is 31.2 Å². The SMILES string of the molecule is CCc1cccc(NC(=S)N(Cc2ccc(OC)cc2)C2CC2)c1. The zero-order valence-corrected chi connectivity index (χ0v) is 15.1. The molecule has 0 heterocycles. The first kappa shape index (κ1) is 16.8. The number of ether oxygens (including phenoxy) is 1. The van der Waals surface area contributed by atoms with Crippen molar-refractivity contribution in [1.29, 1.82) is 0 Å². The van der Waals surface area contributed by atoms with Crippen LogP contribution in [-0.2, 0) is 13.0 Å². The van der Waals surface area contributed by atoms with Gasteiger partial charge in [0.15, 0.2) is 5.11 Å². The van der Waals surface area contributed by atoms with E-state index in [1.54, 1.807) is 7.11 Å². The standard InChI is InChI=1S/C20H24N2OS/c1-3-15-5-4-6-17(13-15)21-20(24)22(18-9-10-18)14-16-7-11-19(23-2)12-8-16/h4-8,11-13,18H,3,9-10,14H2,1-2H3,(H,21,24). The highest BCUT2D eigenvalue weighted by atomic mass is 32.1. The first-order valence-corrected chi connectivity index (χ1v) is 8.90. The fraction of sp³-hybridized carbons (Fsp3) is 0.350. The molecule has 0 saturated heterocycles. The van der Waals surface area contributed by atoms with Crippen LogP contribution in [0, 0.1) is 0 Å². The molecule has 24 heavy (non-hydrogen) atoms. The van der Waals surface area contributed by atoms with Gasteiger partial charge >= 0.3 is 0 Å². The Bertz CT molecular complexity index is 695. The number of anilines is 1. The average Bonchev–Trinajstić information content (AvgIpc) is 3.45. The van der Waals surface area contributed by atoms with Gasteiger partial charge < -0.3 is 15.0 Å². The van der Waals surface area contributed by atoms with Gasteiger partial charge in [-0.3, -0.25) is 0 Å². The lowest BCUT2D eigenvalue weighted by atomic mass is 10.1. The van der Waals surface area contributed by atoms with Gasteiger partial charge in [-0.25, -0.2) is 0 Å². The number of hydrogen-bond acceptors (Lipinski definition) is 2. The molecule has 4 heteroatoms. The number of benzene rings is 2. The van der Waals surface area contributed by atoms with Crippen molar-refractivity contribution in [1.82, 2.24) is 4.90 Å². The zero-order valence-electron chi connectivity index (χ0n) is 14.3. The van der Waals surface area contributed by atoms with Crippen molar-refractivity contribution in [2.45, 2.75) is 38.8 Å². The summed E-state index contributed by atoms with van der Waals surface area (Å²) in [6.07, 6.45) is 3.46. The van der Waals surface area contributed by atoms with Crippen molar-refractivity contribution in [3.05, 3.63) is 59.7 Å². The average molecular weight is 340 g/mol. The molecule has 1 N–H and O–H groups in total. The molecule has 0 atom stereocenters. The Labute approximate surface area is 149 Å². The molecule has 2 aromatic rings. The maximum absolute atomic E-state index is 5.69. The van der Waals surface area contributed by atoms with Crippen LogP contribution < -0.4 is 10.1 Å². The van der Waals surface area contributed by atoms with Crippen LogP contribution >= 0.6 is 12.2 Å². The Morgan fingerprint density at radius 2 is 1.92 bits per heavy atom. The van der Waals surface area contributed by atoms with E-state index >= 15 is 0 Å². The molecule has 3 nitrogen and oxygen atoms in total. The number of thiocarbonyl (C=S) groups is 1. The molecule has 2 aromatic carbocycles. The van der Waals surface area contributed by atoms with E-state index in [0.717, 1.165) is 29.5 Å². The molecule has 126 valence electrons. The predicted molar refractivity (Wildman–Crippen MR) is 104 cm³/mol. The molecular formula is C20H24N2OS. The molecule has 0 unspecified atom stereocenters. The number of rotatable bonds is 6. The van der Waals surface area contributed by atoms with E-state index in [1.807, 2.05) is 12.1 Å². The summed E-state index contributed by atoms with van der Waals surface area (Å²) in [5.41, 5.74) is 3.63. The minimum atomic E-state index is 0.557. The third-order valence-corrected chi connectivity index (χ3v) is 4.68. The Morgan fingerprint density at radius 1 is 1.17 bits per heavy atom. The molecule has 1 aliphatic carbocycles. The molecule has 0 aromatic heterocycles. The summed E-state index contributed by atoms with van der Waals surface area (Å²) in [4.78, 5) is 2.30. The second-order valence-corrected chi connectivity index (χ2v) is 6.58. The van der Waals surface area contributed by atoms with Gasteiger partial charge in [0, 0.05) is 18.3 Å². The fourth-order valence-electron chi connectivity index (χ4n) is 2.74. The number of nitrogens with zero attached hydrogens (tertiary/aromatic N) is 1. The van der Waals surface area contributed by atoms with Gasteiger partial charge in [0.25, 0.3) is 0 Å². The lowest BCUT2D eigenvalue weighted by Gasteiger charge is -2.26. The van der Waals surface area contributed by atoms with E-state index in [-0.39, 0.29) is 0 Å². The maximum atomic E-state index is 5.69. The normalized spacial score (nSPS) is 13.4. The minimum Gasteiger partial charge on any atom is -0.497 e. The third kappa shape index (κ3) is 4.26. The molecule has 3 rings (SSSR count). The van der Waals surface area contributed by atoms with Gasteiger partial charge in [-0.15, -0.1) is 0 Å². The van der Waals surface area contributed by atoms with Crippen LogP contribution in [0.1, 0.15) is 30.9 Å². The van der Waals surface area contributed by atoms with E-state index in [0.29, 0.717) is 6.04 Å². The van der Waals surface area contributed by atoms with Crippen LogP contribution in [0.5, 0.6) is 5.75 Å². The number of hydrogen-bond donors (Lipinski definition) is 1. The highest BCUT2D eigenvalue weighted by Crippen LogP contribution is 2.29. The molecule has 0 bridgehead atoms. The fourth-order valence-corrected chi connectivity index (χ4v) is 3.08. The van der Waals surface area contributed by atoms with Crippen LogP contribution in [0.25, 0.3) is 0 Å². The molecule has 1 saturated carbocycles. The molecule has 0 amide bonds. The molecule has 0 aliphatic heterocycles. The largest absolute Gasteiger partial charge is 0.497 e. The maximum Gasteiger partial charge on any atom is 0.173 e. The van der Waals surface area contributed by atoms with E-state index in [4.69, 9.17) is 17.0 Å². The molecule has 1 aliphatic rings. The van der Waals surface area contributed by atoms with Crippen LogP contribution in [0.3, 0.4) is 0 Å². The van der Waals surface area contributed by atoms with Crippen molar-refractivity contribution >= 4 is 23.0 Å². The van der Waals surface area contributed by atoms with Crippen molar-refractivity contribution in [3.8, 4) is 5.75 Å². The summed E-state index contributed by atoms with van der Waals surface area (Å²) in [7, 11) is 1.69. The summed E-state index contributed by atoms with van der Waals surface area (Å²) in [5.74, 6) is 0.883. The number of methoxy groups -OCH3 is 1. The van der Waals surface area contributed by atoms with Crippen LogP contribution in [-0.4, -0.2) is 23.2 Å². The van der Waals surface area contributed by atoms with Crippen molar-refractivity contribution < 1.29 is 4.74 Å². The lowest BCUT2D eigenvalue weighted by molar-refractivity contribution is 0.405. The van der Waals surface area contributed by atoms with Gasteiger partial charge in [0.1, 0.15) is 5.75 Å². The van der Waals surface area contributed by atoms with Crippen molar-refractivity contribution in [2.24, 2.45) is 0 Å². The Balaban J connectivity index is 1.69. The van der Waals surface area contributed by atoms with Crippen LogP contribution in [0.4, 0.5) is 5.69 Å². The van der Waals surface area contributed by atoms with Crippen molar-refractivity contribution in [2.75, 3.05) is 12.4 Å². The molecular weight excluding hydrogens is 316 g/mol.